The van der Waals surface area contributed by atoms with Crippen molar-refractivity contribution in [2.24, 2.45) is 28.9 Å². The molecule has 10 unspecified atom stereocenters. The number of nitrogens with one attached hydrogen (secondary N) is 2. The Morgan fingerprint density at radius 1 is 0.931 bits per heavy atom. The summed E-state index contributed by atoms with van der Waals surface area (Å²) in [6, 6.07) is 19.7. The van der Waals surface area contributed by atoms with Crippen LogP contribution in [0.15, 0.2) is 125 Å². The highest BCUT2D eigenvalue weighted by atomic mass is 16.5. The first-order chi connectivity index (χ1) is 34.5. The fourth-order valence-corrected chi connectivity index (χ4v) is 12.6. The maximum Gasteiger partial charge on any atom is 0.243 e. The van der Waals surface area contributed by atoms with Crippen LogP contribution < -0.4 is 16.4 Å². The van der Waals surface area contributed by atoms with Crippen LogP contribution in [-0.4, -0.2) is 80.9 Å². The third-order valence-electron chi connectivity index (χ3n) is 16.6. The van der Waals surface area contributed by atoms with Gasteiger partial charge >= 0.3 is 0 Å². The van der Waals surface area contributed by atoms with Crippen LogP contribution in [0.4, 0.5) is 0 Å². The quantitative estimate of drug-likeness (QED) is 0.0948. The predicted octanol–water partition coefficient (Wildman–Crippen LogP) is 7.81. The summed E-state index contributed by atoms with van der Waals surface area (Å²) in [7, 11) is 0. The molecule has 1 amide bonds. The number of aromatic hydroxyl groups is 1. The molecule has 11 heteroatoms. The largest absolute Gasteiger partial charge is 0.508 e. The van der Waals surface area contributed by atoms with Crippen LogP contribution in [0.3, 0.4) is 0 Å². The molecule has 0 saturated heterocycles. The third-order valence-corrected chi connectivity index (χ3v) is 16.6. The Kier molecular flexibility index (Phi) is 17.0. The van der Waals surface area contributed by atoms with E-state index in [9.17, 15) is 30.3 Å². The van der Waals surface area contributed by atoms with Crippen molar-refractivity contribution in [3.8, 4) is 17.6 Å². The highest BCUT2D eigenvalue weighted by molar-refractivity contribution is 5.98. The van der Waals surface area contributed by atoms with Crippen molar-refractivity contribution >= 4 is 11.7 Å². The zero-order valence-corrected chi connectivity index (χ0v) is 42.3. The molecule has 3 aromatic carbocycles. The van der Waals surface area contributed by atoms with E-state index in [1.165, 1.54) is 5.57 Å². The molecule has 0 radical (unpaired) electrons. The number of amides is 1. The van der Waals surface area contributed by atoms with Gasteiger partial charge in [0.25, 0.3) is 0 Å². The number of rotatable bonds is 3. The van der Waals surface area contributed by atoms with Crippen molar-refractivity contribution in [2.45, 2.75) is 140 Å². The van der Waals surface area contributed by atoms with Crippen LogP contribution in [0.2, 0.25) is 0 Å². The van der Waals surface area contributed by atoms with Crippen molar-refractivity contribution < 1.29 is 39.9 Å². The van der Waals surface area contributed by atoms with Crippen LogP contribution in [0.25, 0.3) is 0 Å². The molecule has 1 spiro atoms. The average Bonchev–Trinajstić information content (AvgIpc) is 3.69. The summed E-state index contributed by atoms with van der Waals surface area (Å²) in [5.41, 5.74) is 13.5. The third kappa shape index (κ3) is 11.8. The summed E-state index contributed by atoms with van der Waals surface area (Å²) in [6.07, 6.45) is 11.0. The lowest BCUT2D eigenvalue weighted by Crippen LogP contribution is -2.59. The van der Waals surface area contributed by atoms with Gasteiger partial charge in [-0.05, 0) is 160 Å². The second-order valence-corrected chi connectivity index (χ2v) is 21.5. The van der Waals surface area contributed by atoms with Crippen LogP contribution in [0, 0.1) is 35.0 Å². The summed E-state index contributed by atoms with van der Waals surface area (Å²) < 4.78 is 6.18. The van der Waals surface area contributed by atoms with E-state index in [1.807, 2.05) is 80.6 Å². The van der Waals surface area contributed by atoms with Gasteiger partial charge in [-0.15, -0.1) is 0 Å². The molecule has 382 valence electrons. The lowest BCUT2D eigenvalue weighted by atomic mass is 9.52. The number of Topliss-reactive ketones (excluding diaryl/α,β-unsaturated/α-hetero) is 1. The monoisotopic (exact) mass is 978 g/mol. The Bertz CT molecular complexity index is 2670. The molecular formula is C61H75N3O8. The zero-order chi connectivity index (χ0) is 51.2. The van der Waals surface area contributed by atoms with Gasteiger partial charge in [-0.3, -0.25) is 14.9 Å². The topological polar surface area (TPSA) is 195 Å². The Balaban J connectivity index is 1.18. The Labute approximate surface area is 426 Å². The number of allylic oxidation sites excluding steroid dienone is 8. The number of ketones is 1. The van der Waals surface area contributed by atoms with Crippen LogP contribution in [0.5, 0.6) is 5.75 Å². The van der Waals surface area contributed by atoms with Gasteiger partial charge in [0.1, 0.15) is 24.6 Å². The fraction of sp³-hybridized carbons (Fsp3) is 0.475. The highest BCUT2D eigenvalue weighted by Crippen LogP contribution is 2.63. The van der Waals surface area contributed by atoms with Crippen LogP contribution >= 0.6 is 0 Å². The van der Waals surface area contributed by atoms with E-state index < -0.39 is 47.5 Å². The van der Waals surface area contributed by atoms with Gasteiger partial charge in [0, 0.05) is 30.7 Å². The molecule has 72 heavy (non-hydrogen) atoms. The Morgan fingerprint density at radius 2 is 1.69 bits per heavy atom. The summed E-state index contributed by atoms with van der Waals surface area (Å²) in [5.74, 6) is 4.89. The molecular weight excluding hydrogens is 903 g/mol. The number of hydrogen-bond acceptors (Lipinski definition) is 10. The number of hydrogen-bond donors (Lipinski definition) is 8. The molecule has 2 fully saturated rings. The Hall–Kier alpha value is -5.42. The summed E-state index contributed by atoms with van der Waals surface area (Å²) in [4.78, 5) is 29.0. The molecule has 0 aromatic heterocycles. The number of aliphatic hydroxyl groups excluding tert-OH is 3. The van der Waals surface area contributed by atoms with Gasteiger partial charge in [0.2, 0.25) is 5.91 Å². The smallest absolute Gasteiger partial charge is 0.243 e. The molecule has 11 nitrogen and oxygen atoms in total. The van der Waals surface area contributed by atoms with E-state index in [0.29, 0.717) is 86.5 Å². The molecule has 2 saturated carbocycles. The summed E-state index contributed by atoms with van der Waals surface area (Å²) in [5, 5.41) is 66.2. The van der Waals surface area contributed by atoms with E-state index in [0.717, 1.165) is 46.3 Å². The van der Waals surface area contributed by atoms with Gasteiger partial charge < -0.3 is 41.3 Å². The molecule has 8 rings (SSSR count). The first-order valence-corrected chi connectivity index (χ1v) is 26.0. The van der Waals surface area contributed by atoms with Crippen molar-refractivity contribution in [2.75, 3.05) is 19.8 Å². The predicted molar refractivity (Wildman–Crippen MR) is 281 cm³/mol. The lowest BCUT2D eigenvalue weighted by molar-refractivity contribution is -0.168. The number of β-amino-alcohol motifs (C(OH)–C–C–N with tert-alkyl or cyclic N) is 1. The van der Waals surface area contributed by atoms with Gasteiger partial charge in [-0.1, -0.05) is 114 Å². The SMILES string of the molecule is C=C1C=CC=C(C2CCC3(C4CCC(O)Cc5cccc(c5)CC(Cc5ccc(O)cc5)C(O)CNC5C(=O)NC(N)c6cccc(c65)CC(=O)C(C)=C4CCC3(C)O)C2O)COCC#CCC(C)=CCC1. The van der Waals surface area contributed by atoms with Gasteiger partial charge in [0.05, 0.1) is 30.5 Å². The zero-order valence-electron chi connectivity index (χ0n) is 42.3. The number of phenols is 1. The van der Waals surface area contributed by atoms with Crippen LogP contribution in [-0.2, 0) is 40.0 Å². The minimum atomic E-state index is -1.32. The van der Waals surface area contributed by atoms with Crippen molar-refractivity contribution in [3.05, 3.63) is 159 Å². The molecule has 5 aliphatic rings. The van der Waals surface area contributed by atoms with Gasteiger partial charge in [0.15, 0.2) is 5.78 Å². The molecule has 3 heterocycles. The molecule has 3 aromatic rings. The van der Waals surface area contributed by atoms with E-state index in [2.05, 4.69) is 48.1 Å². The summed E-state index contributed by atoms with van der Waals surface area (Å²) >= 11 is 0. The second-order valence-electron chi connectivity index (χ2n) is 21.5. The van der Waals surface area contributed by atoms with E-state index in [4.69, 9.17) is 10.5 Å². The number of fused-ring (bicyclic) bond motifs is 4. The first-order valence-electron chi connectivity index (χ1n) is 26.0. The number of carbonyl (C=O) groups excluding carboxylic acids is 2. The number of carbonyl (C=O) groups is 2. The van der Waals surface area contributed by atoms with Gasteiger partial charge in [-0.2, -0.15) is 0 Å². The maximum absolute atomic E-state index is 15.0. The molecule has 2 aliphatic carbocycles. The minimum absolute atomic E-state index is 0.0261. The number of benzene rings is 3. The van der Waals surface area contributed by atoms with Crippen molar-refractivity contribution in [3.63, 3.8) is 0 Å². The normalized spacial score (nSPS) is 31.4. The first kappa shape index (κ1) is 52.9. The fourth-order valence-electron chi connectivity index (χ4n) is 12.6. The van der Waals surface area contributed by atoms with Crippen LogP contribution in [0.1, 0.15) is 124 Å². The van der Waals surface area contributed by atoms with E-state index in [-0.39, 0.29) is 55.5 Å². The average molecular weight is 978 g/mol. The molecule has 3 aliphatic heterocycles. The number of phenolic OH excluding ortho intramolecular Hbond substituents is 1. The number of ether oxygens (including phenoxy) is 1. The maximum atomic E-state index is 15.0. The molecule has 10 atom stereocenters. The number of aliphatic hydroxyl groups is 4. The lowest BCUT2D eigenvalue weighted by Gasteiger charge is -2.56. The molecule has 9 N–H and O–H groups in total. The highest BCUT2D eigenvalue weighted by Gasteiger charge is 2.64. The van der Waals surface area contributed by atoms with E-state index >= 15 is 4.79 Å². The van der Waals surface area contributed by atoms with Gasteiger partial charge in [-0.25, -0.2) is 0 Å². The Morgan fingerprint density at radius 3 is 2.49 bits per heavy atom. The minimum Gasteiger partial charge on any atom is -0.508 e. The van der Waals surface area contributed by atoms with Crippen molar-refractivity contribution in [1.29, 1.82) is 0 Å². The summed E-state index contributed by atoms with van der Waals surface area (Å²) in [6.45, 7) is 10.6. The second kappa shape index (κ2) is 23.2. The van der Waals surface area contributed by atoms with Crippen molar-refractivity contribution in [1.82, 2.24) is 10.6 Å². The van der Waals surface area contributed by atoms with E-state index in [1.54, 1.807) is 12.1 Å². The molecule has 2 bridgehead atoms. The standard InChI is InChI=1S/C61H75N3O8/c1-38-11-5-6-30-72-37-45(18-8-14-39(2)13-7-12-38)50-27-29-61(57(50)69)52-25-24-48(66)34-43-16-9-15-42(31-43)33-46(32-41-20-22-47(65)23-21-41)54(68)36-63-56-55-44(17-10-19-51(55)58(62)64-59(56)70)35-53(67)40(3)49(52)26-28-60(61,4)71/h8-10,12,14-23,31,46,48,50,52,54,56-58,63,65-66,68-69,71H,2,7,11,13,24-30,32-37,62H2,1,3-4H3,(H,64,70). The number of nitrogens with two attached hydrogens (primary N) is 1.